The molecule has 1 aromatic carbocycles. The highest BCUT2D eigenvalue weighted by Gasteiger charge is 2.25. The lowest BCUT2D eigenvalue weighted by Gasteiger charge is -2.33. The van der Waals surface area contributed by atoms with Crippen LogP contribution in [0.15, 0.2) is 29.6 Å². The van der Waals surface area contributed by atoms with E-state index in [4.69, 9.17) is 0 Å². The second-order valence-electron chi connectivity index (χ2n) is 5.39. The lowest BCUT2D eigenvalue weighted by Crippen LogP contribution is -2.52. The first-order valence-electron chi connectivity index (χ1n) is 7.28. The Bertz CT molecular complexity index is 735. The minimum atomic E-state index is -0.438. The van der Waals surface area contributed by atoms with Gasteiger partial charge in [-0.05, 0) is 19.1 Å². The van der Waals surface area contributed by atoms with Crippen molar-refractivity contribution in [2.75, 3.05) is 19.6 Å². The first kappa shape index (κ1) is 18.3. The minimum absolute atomic E-state index is 0. The molecule has 1 aliphatic rings. The van der Waals surface area contributed by atoms with E-state index in [9.17, 15) is 14.9 Å². The summed E-state index contributed by atoms with van der Waals surface area (Å²) in [6.07, 6.45) is 0. The molecule has 7 nitrogen and oxygen atoms in total. The number of hydrogen-bond acceptors (Lipinski definition) is 6. The molecule has 1 aromatic heterocycles. The van der Waals surface area contributed by atoms with E-state index in [0.29, 0.717) is 17.2 Å². The van der Waals surface area contributed by atoms with Gasteiger partial charge in [0.15, 0.2) is 0 Å². The zero-order valence-electron chi connectivity index (χ0n) is 13.0. The molecule has 1 N–H and O–H groups in total. The molecule has 2 heterocycles. The maximum Gasteiger partial charge on any atom is 0.273 e. The van der Waals surface area contributed by atoms with E-state index in [1.807, 2.05) is 11.8 Å². The van der Waals surface area contributed by atoms with Gasteiger partial charge >= 0.3 is 0 Å². The first-order chi connectivity index (χ1) is 11.1. The van der Waals surface area contributed by atoms with Crippen LogP contribution in [-0.4, -0.2) is 46.4 Å². The van der Waals surface area contributed by atoms with Gasteiger partial charge in [-0.2, -0.15) is 0 Å². The van der Waals surface area contributed by atoms with Crippen molar-refractivity contribution in [3.8, 4) is 10.6 Å². The number of nitro benzene ring substituents is 1. The summed E-state index contributed by atoms with van der Waals surface area (Å²) in [5.41, 5.74) is 1.24. The Morgan fingerprint density at radius 1 is 1.42 bits per heavy atom. The molecule has 0 spiro atoms. The van der Waals surface area contributed by atoms with Crippen LogP contribution < -0.4 is 5.32 Å². The quantitative estimate of drug-likeness (QED) is 0.664. The predicted molar refractivity (Wildman–Crippen MR) is 94.8 cm³/mol. The van der Waals surface area contributed by atoms with Crippen LogP contribution >= 0.6 is 23.7 Å². The van der Waals surface area contributed by atoms with E-state index in [1.165, 1.54) is 23.5 Å². The normalized spacial score (nSPS) is 17.2. The Balaban J connectivity index is 0.00000208. The molecule has 9 heteroatoms. The minimum Gasteiger partial charge on any atom is -0.332 e. The maximum absolute atomic E-state index is 12.6. The summed E-state index contributed by atoms with van der Waals surface area (Å²) >= 11 is 1.37. The number of thiazole rings is 1. The zero-order valence-corrected chi connectivity index (χ0v) is 14.6. The molecule has 2 aromatic rings. The average molecular weight is 369 g/mol. The van der Waals surface area contributed by atoms with Crippen LogP contribution in [0.4, 0.5) is 5.69 Å². The number of amides is 1. The van der Waals surface area contributed by atoms with Crippen LogP contribution in [0.3, 0.4) is 0 Å². The molecule has 1 atom stereocenters. The Hall–Kier alpha value is -2.03. The Morgan fingerprint density at radius 2 is 2.12 bits per heavy atom. The van der Waals surface area contributed by atoms with Crippen LogP contribution in [0.25, 0.3) is 10.6 Å². The largest absolute Gasteiger partial charge is 0.332 e. The number of non-ortho nitro benzene ring substituents is 1. The summed E-state index contributed by atoms with van der Waals surface area (Å²) in [7, 11) is 0. The van der Waals surface area contributed by atoms with E-state index < -0.39 is 4.92 Å². The third-order valence-corrected chi connectivity index (χ3v) is 4.70. The molecular formula is C15H17ClN4O3S. The number of carbonyl (C=O) groups is 1. The number of hydrogen-bond donors (Lipinski definition) is 1. The van der Waals surface area contributed by atoms with Gasteiger partial charge in [-0.15, -0.1) is 23.7 Å². The fourth-order valence-corrected chi connectivity index (χ4v) is 3.32. The summed E-state index contributed by atoms with van der Waals surface area (Å²) in [5.74, 6) is -0.0663. The number of piperazine rings is 1. The molecule has 1 aliphatic heterocycles. The number of halogens is 1. The first-order valence-corrected chi connectivity index (χ1v) is 8.16. The summed E-state index contributed by atoms with van der Waals surface area (Å²) in [6.45, 7) is 4.25. The van der Waals surface area contributed by atoms with Crippen LogP contribution in [0.1, 0.15) is 17.4 Å². The number of nitrogens with zero attached hydrogens (tertiary/aromatic N) is 3. The molecule has 0 saturated carbocycles. The van der Waals surface area contributed by atoms with E-state index in [2.05, 4.69) is 10.3 Å². The second-order valence-corrected chi connectivity index (χ2v) is 6.25. The van der Waals surface area contributed by atoms with Crippen molar-refractivity contribution in [2.24, 2.45) is 0 Å². The van der Waals surface area contributed by atoms with Crippen LogP contribution in [-0.2, 0) is 0 Å². The molecule has 0 radical (unpaired) electrons. The van der Waals surface area contributed by atoms with Crippen molar-refractivity contribution in [2.45, 2.75) is 13.0 Å². The van der Waals surface area contributed by atoms with E-state index >= 15 is 0 Å². The maximum atomic E-state index is 12.6. The SMILES string of the molecule is C[C@H]1CNCCN1C(=O)c1csc(-c2ccc([N+](=O)[O-])cc2)n1.Cl. The molecule has 1 amide bonds. The number of benzene rings is 1. The molecule has 128 valence electrons. The monoisotopic (exact) mass is 368 g/mol. The topological polar surface area (TPSA) is 88.4 Å². The molecule has 1 saturated heterocycles. The van der Waals surface area contributed by atoms with Crippen molar-refractivity contribution in [3.63, 3.8) is 0 Å². The van der Waals surface area contributed by atoms with E-state index in [-0.39, 0.29) is 30.0 Å². The van der Waals surface area contributed by atoms with Gasteiger partial charge in [0.25, 0.3) is 11.6 Å². The van der Waals surface area contributed by atoms with Crippen LogP contribution in [0, 0.1) is 10.1 Å². The fourth-order valence-electron chi connectivity index (χ4n) is 2.52. The van der Waals surface area contributed by atoms with Gasteiger partial charge < -0.3 is 10.2 Å². The summed E-state index contributed by atoms with van der Waals surface area (Å²) in [5, 5.41) is 16.4. The van der Waals surface area contributed by atoms with Gasteiger partial charge in [-0.3, -0.25) is 14.9 Å². The van der Waals surface area contributed by atoms with Gasteiger partial charge in [0, 0.05) is 48.8 Å². The standard InChI is InChI=1S/C15H16N4O3S.ClH/c1-10-8-16-6-7-18(10)15(20)13-9-23-14(17-13)11-2-4-12(5-3-11)19(21)22;/h2-5,9-10,16H,6-8H2,1H3;1H/t10-;/m0./s1. The Kier molecular flexibility index (Phi) is 5.87. The highest BCUT2D eigenvalue weighted by molar-refractivity contribution is 7.13. The van der Waals surface area contributed by atoms with Crippen LogP contribution in [0.5, 0.6) is 0 Å². The third kappa shape index (κ3) is 3.72. The molecule has 0 unspecified atom stereocenters. The van der Waals surface area contributed by atoms with Crippen molar-refractivity contribution in [1.82, 2.24) is 15.2 Å². The number of carbonyl (C=O) groups excluding carboxylic acids is 1. The number of nitrogens with one attached hydrogen (secondary N) is 1. The zero-order chi connectivity index (χ0) is 16.4. The molecule has 1 fully saturated rings. The number of nitro groups is 1. The van der Waals surface area contributed by atoms with Crippen molar-refractivity contribution < 1.29 is 9.72 Å². The second kappa shape index (κ2) is 7.69. The molecule has 0 bridgehead atoms. The van der Waals surface area contributed by atoms with Crippen LogP contribution in [0.2, 0.25) is 0 Å². The summed E-state index contributed by atoms with van der Waals surface area (Å²) in [6, 6.07) is 6.32. The van der Waals surface area contributed by atoms with Gasteiger partial charge in [0.1, 0.15) is 10.7 Å². The molecule has 3 rings (SSSR count). The Morgan fingerprint density at radius 3 is 2.75 bits per heavy atom. The molecule has 24 heavy (non-hydrogen) atoms. The van der Waals surface area contributed by atoms with Gasteiger partial charge in [0.05, 0.1) is 4.92 Å². The van der Waals surface area contributed by atoms with Gasteiger partial charge in [-0.1, -0.05) is 0 Å². The van der Waals surface area contributed by atoms with Gasteiger partial charge in [-0.25, -0.2) is 4.98 Å². The van der Waals surface area contributed by atoms with Crippen molar-refractivity contribution >= 4 is 35.3 Å². The van der Waals surface area contributed by atoms with Crippen molar-refractivity contribution in [3.05, 3.63) is 45.5 Å². The average Bonchev–Trinajstić information content (AvgIpc) is 3.05. The fraction of sp³-hybridized carbons (Fsp3) is 0.333. The Labute approximate surface area is 149 Å². The predicted octanol–water partition coefficient (Wildman–Crippen LogP) is 2.57. The van der Waals surface area contributed by atoms with Gasteiger partial charge in [0.2, 0.25) is 0 Å². The van der Waals surface area contributed by atoms with E-state index in [0.717, 1.165) is 18.7 Å². The summed E-state index contributed by atoms with van der Waals surface area (Å²) in [4.78, 5) is 29.0. The highest BCUT2D eigenvalue weighted by Crippen LogP contribution is 2.26. The molecule has 0 aliphatic carbocycles. The third-order valence-electron chi connectivity index (χ3n) is 3.81. The highest BCUT2D eigenvalue weighted by atomic mass is 35.5. The van der Waals surface area contributed by atoms with Crippen molar-refractivity contribution in [1.29, 1.82) is 0 Å². The summed E-state index contributed by atoms with van der Waals surface area (Å²) < 4.78 is 0. The number of aromatic nitrogens is 1. The smallest absolute Gasteiger partial charge is 0.273 e. The lowest BCUT2D eigenvalue weighted by atomic mass is 10.2. The lowest BCUT2D eigenvalue weighted by molar-refractivity contribution is -0.384. The van der Waals surface area contributed by atoms with E-state index in [1.54, 1.807) is 17.5 Å². The number of rotatable bonds is 3. The molecular weight excluding hydrogens is 352 g/mol.